The van der Waals surface area contributed by atoms with Gasteiger partial charge in [0.05, 0.1) is 0 Å². The van der Waals surface area contributed by atoms with Gasteiger partial charge in [-0.15, -0.1) is 0 Å². The van der Waals surface area contributed by atoms with E-state index in [0.29, 0.717) is 6.42 Å². The van der Waals surface area contributed by atoms with Crippen LogP contribution >= 0.6 is 11.6 Å². The predicted octanol–water partition coefficient (Wildman–Crippen LogP) is 3.21. The second-order valence-corrected chi connectivity index (χ2v) is 5.67. The smallest absolute Gasteiger partial charge is 0.218 e. The molecule has 20 heavy (non-hydrogen) atoms. The predicted molar refractivity (Wildman–Crippen MR) is 85.0 cm³/mol. The summed E-state index contributed by atoms with van der Waals surface area (Å²) in [5.41, 5.74) is 6.50. The van der Waals surface area contributed by atoms with E-state index >= 15 is 0 Å². The van der Waals surface area contributed by atoms with Gasteiger partial charge < -0.3 is 10.6 Å². The highest BCUT2D eigenvalue weighted by molar-refractivity contribution is 6.30. The maximum absolute atomic E-state index is 11.4. The van der Waals surface area contributed by atoms with Crippen LogP contribution in [0.5, 0.6) is 0 Å². The molecule has 0 bridgehead atoms. The Balaban J connectivity index is 0.000000956. The SMILES string of the molecule is CC.CN1CCC(CC(N)=O)(c2ccc(Cl)cc2)CC1. The summed E-state index contributed by atoms with van der Waals surface area (Å²) in [5, 5.41) is 0.723. The minimum atomic E-state index is -0.227. The van der Waals surface area contributed by atoms with E-state index < -0.39 is 0 Å². The minimum absolute atomic E-state index is 0.108. The van der Waals surface area contributed by atoms with E-state index in [1.165, 1.54) is 5.56 Å². The van der Waals surface area contributed by atoms with Gasteiger partial charge in [0.15, 0.2) is 0 Å². The van der Waals surface area contributed by atoms with Gasteiger partial charge in [0, 0.05) is 16.9 Å². The molecule has 4 heteroatoms. The molecule has 2 rings (SSSR count). The first-order valence-corrected chi connectivity index (χ1v) is 7.62. The molecule has 1 aliphatic rings. The number of benzene rings is 1. The molecule has 1 aromatic rings. The van der Waals surface area contributed by atoms with E-state index in [0.717, 1.165) is 31.0 Å². The number of amides is 1. The quantitative estimate of drug-likeness (QED) is 0.931. The molecule has 1 fully saturated rings. The summed E-state index contributed by atoms with van der Waals surface area (Å²) in [6, 6.07) is 7.82. The Bertz CT molecular complexity index is 423. The highest BCUT2D eigenvalue weighted by atomic mass is 35.5. The van der Waals surface area contributed by atoms with Crippen LogP contribution in [0, 0.1) is 0 Å². The highest BCUT2D eigenvalue weighted by Gasteiger charge is 2.36. The van der Waals surface area contributed by atoms with Crippen molar-refractivity contribution in [3.8, 4) is 0 Å². The first-order chi connectivity index (χ1) is 9.52. The zero-order valence-corrected chi connectivity index (χ0v) is 13.4. The normalized spacial score (nSPS) is 18.0. The maximum atomic E-state index is 11.4. The summed E-state index contributed by atoms with van der Waals surface area (Å²) in [6.45, 7) is 5.99. The van der Waals surface area contributed by atoms with Gasteiger partial charge in [0.1, 0.15) is 0 Å². The molecule has 1 aliphatic heterocycles. The van der Waals surface area contributed by atoms with Crippen molar-refractivity contribution in [2.24, 2.45) is 5.73 Å². The van der Waals surface area contributed by atoms with Crippen LogP contribution in [-0.4, -0.2) is 30.9 Å². The monoisotopic (exact) mass is 296 g/mol. The third-order valence-corrected chi connectivity index (χ3v) is 4.17. The molecule has 0 unspecified atom stereocenters. The van der Waals surface area contributed by atoms with Crippen LogP contribution in [0.4, 0.5) is 0 Å². The van der Waals surface area contributed by atoms with E-state index in [1.54, 1.807) is 0 Å². The van der Waals surface area contributed by atoms with Gasteiger partial charge in [-0.3, -0.25) is 4.79 Å². The molecule has 0 spiro atoms. The number of hydrogen-bond acceptors (Lipinski definition) is 2. The minimum Gasteiger partial charge on any atom is -0.370 e. The van der Waals surface area contributed by atoms with E-state index in [4.69, 9.17) is 17.3 Å². The molecule has 0 radical (unpaired) electrons. The lowest BCUT2D eigenvalue weighted by atomic mass is 9.70. The lowest BCUT2D eigenvalue weighted by molar-refractivity contribution is -0.119. The van der Waals surface area contributed by atoms with Crippen LogP contribution in [0.15, 0.2) is 24.3 Å². The number of halogens is 1. The fourth-order valence-electron chi connectivity index (χ4n) is 2.75. The molecule has 1 saturated heterocycles. The third-order valence-electron chi connectivity index (χ3n) is 3.91. The molecule has 0 aromatic heterocycles. The summed E-state index contributed by atoms with van der Waals surface area (Å²) >= 11 is 5.93. The second kappa shape index (κ2) is 7.65. The van der Waals surface area contributed by atoms with Crippen molar-refractivity contribution in [1.82, 2.24) is 4.90 Å². The van der Waals surface area contributed by atoms with Crippen LogP contribution in [0.3, 0.4) is 0 Å². The molecule has 1 aromatic carbocycles. The fourth-order valence-corrected chi connectivity index (χ4v) is 2.88. The third kappa shape index (κ3) is 4.22. The van der Waals surface area contributed by atoms with Crippen molar-refractivity contribution in [3.63, 3.8) is 0 Å². The molecule has 112 valence electrons. The summed E-state index contributed by atoms with van der Waals surface area (Å²) in [7, 11) is 2.11. The summed E-state index contributed by atoms with van der Waals surface area (Å²) in [4.78, 5) is 13.7. The van der Waals surface area contributed by atoms with Crippen LogP contribution in [0.1, 0.15) is 38.7 Å². The van der Waals surface area contributed by atoms with Crippen molar-refractivity contribution in [2.45, 2.75) is 38.5 Å². The first kappa shape index (κ1) is 17.0. The number of nitrogens with two attached hydrogens (primary N) is 1. The summed E-state index contributed by atoms with van der Waals surface area (Å²) in [5.74, 6) is -0.227. The molecule has 0 aliphatic carbocycles. The fraction of sp³-hybridized carbons (Fsp3) is 0.562. The second-order valence-electron chi connectivity index (χ2n) is 5.23. The molecule has 1 heterocycles. The Hall–Kier alpha value is -1.06. The van der Waals surface area contributed by atoms with Gasteiger partial charge in [-0.25, -0.2) is 0 Å². The van der Waals surface area contributed by atoms with Gasteiger partial charge >= 0.3 is 0 Å². The van der Waals surface area contributed by atoms with E-state index in [9.17, 15) is 4.79 Å². The Morgan fingerprint density at radius 1 is 1.25 bits per heavy atom. The number of piperidine rings is 1. The van der Waals surface area contributed by atoms with E-state index in [2.05, 4.69) is 11.9 Å². The molecule has 2 N–H and O–H groups in total. The lowest BCUT2D eigenvalue weighted by Crippen LogP contribution is -2.43. The average molecular weight is 297 g/mol. The van der Waals surface area contributed by atoms with Crippen molar-refractivity contribution >= 4 is 17.5 Å². The molecule has 0 atom stereocenters. The van der Waals surface area contributed by atoms with Crippen molar-refractivity contribution < 1.29 is 4.79 Å². The summed E-state index contributed by atoms with van der Waals surface area (Å²) in [6.07, 6.45) is 2.35. The first-order valence-electron chi connectivity index (χ1n) is 7.25. The number of primary amides is 1. The van der Waals surface area contributed by atoms with Gasteiger partial charge in [0.25, 0.3) is 0 Å². The zero-order chi connectivity index (χ0) is 15.2. The molecule has 3 nitrogen and oxygen atoms in total. The van der Waals surface area contributed by atoms with Gasteiger partial charge in [0.2, 0.25) is 5.91 Å². The lowest BCUT2D eigenvalue weighted by Gasteiger charge is -2.40. The number of likely N-dealkylation sites (tertiary alicyclic amines) is 1. The zero-order valence-electron chi connectivity index (χ0n) is 12.7. The van der Waals surface area contributed by atoms with Crippen LogP contribution in [0.25, 0.3) is 0 Å². The standard InChI is InChI=1S/C14H19ClN2O.C2H6/c1-17-8-6-14(7-9-17,10-13(16)18)11-2-4-12(15)5-3-11;1-2/h2-5H,6-10H2,1H3,(H2,16,18);1-2H3. The topological polar surface area (TPSA) is 46.3 Å². The molecular weight excluding hydrogens is 272 g/mol. The van der Waals surface area contributed by atoms with Gasteiger partial charge in [-0.1, -0.05) is 37.6 Å². The summed E-state index contributed by atoms with van der Waals surface area (Å²) < 4.78 is 0. The Kier molecular flexibility index (Phi) is 6.50. The van der Waals surface area contributed by atoms with E-state index in [-0.39, 0.29) is 11.3 Å². The van der Waals surface area contributed by atoms with Crippen LogP contribution in [-0.2, 0) is 10.2 Å². The number of carbonyl (C=O) groups excluding carboxylic acids is 1. The van der Waals surface area contributed by atoms with Crippen molar-refractivity contribution in [2.75, 3.05) is 20.1 Å². The number of hydrogen-bond donors (Lipinski definition) is 1. The van der Waals surface area contributed by atoms with Crippen LogP contribution in [0.2, 0.25) is 5.02 Å². The van der Waals surface area contributed by atoms with Gasteiger partial charge in [-0.2, -0.15) is 0 Å². The Labute approximate surface area is 127 Å². The highest BCUT2D eigenvalue weighted by Crippen LogP contribution is 2.38. The molecular formula is C16H25ClN2O. The number of nitrogens with zero attached hydrogens (tertiary/aromatic N) is 1. The Morgan fingerprint density at radius 2 is 1.75 bits per heavy atom. The Morgan fingerprint density at radius 3 is 2.20 bits per heavy atom. The average Bonchev–Trinajstić information content (AvgIpc) is 2.44. The molecule has 0 saturated carbocycles. The van der Waals surface area contributed by atoms with Gasteiger partial charge in [-0.05, 0) is 50.7 Å². The molecule has 1 amide bonds. The largest absolute Gasteiger partial charge is 0.370 e. The van der Waals surface area contributed by atoms with E-state index in [1.807, 2.05) is 38.1 Å². The van der Waals surface area contributed by atoms with Crippen molar-refractivity contribution in [1.29, 1.82) is 0 Å². The number of carbonyl (C=O) groups is 1. The van der Waals surface area contributed by atoms with Crippen molar-refractivity contribution in [3.05, 3.63) is 34.9 Å². The maximum Gasteiger partial charge on any atom is 0.218 e. The number of rotatable bonds is 3. The van der Waals surface area contributed by atoms with Crippen LogP contribution < -0.4 is 5.73 Å².